The highest BCUT2D eigenvalue weighted by atomic mass is 19.4. The van der Waals surface area contributed by atoms with Crippen LogP contribution in [0, 0.1) is 12.7 Å². The van der Waals surface area contributed by atoms with E-state index in [2.05, 4.69) is 20.6 Å². The number of benzene rings is 1. The molecule has 6 nitrogen and oxygen atoms in total. The molecule has 0 saturated carbocycles. The minimum absolute atomic E-state index is 0.119. The number of nitrogens with zero attached hydrogens (tertiary/aromatic N) is 4. The molecule has 0 radical (unpaired) electrons. The molecule has 1 aliphatic heterocycles. The topological polar surface area (TPSA) is 57.5 Å². The van der Waals surface area contributed by atoms with Gasteiger partial charge in [0.1, 0.15) is 11.6 Å². The number of imidazole rings is 1. The van der Waals surface area contributed by atoms with Gasteiger partial charge in [0.2, 0.25) is 0 Å². The van der Waals surface area contributed by atoms with E-state index in [1.54, 1.807) is 43.1 Å². The number of alkyl halides is 3. The van der Waals surface area contributed by atoms with E-state index in [4.69, 9.17) is 0 Å². The standard InChI is InChI=1S/C19H24F4N6/c1-13-25-6-8-29(13)17-4-3-14(9-16(17)20)10-26-18(24-2)27-15-5-7-28(11-15)12-19(21,22)23/h3-4,6,8-9,15H,5,7,10-12H2,1-2H3,(H2,24,26,27). The number of aryl methyl sites for hydroxylation is 1. The number of hydrogen-bond acceptors (Lipinski definition) is 3. The van der Waals surface area contributed by atoms with E-state index in [1.807, 2.05) is 0 Å². The third-order valence-corrected chi connectivity index (χ3v) is 4.80. The van der Waals surface area contributed by atoms with Gasteiger partial charge >= 0.3 is 6.18 Å². The summed E-state index contributed by atoms with van der Waals surface area (Å²) in [5.41, 5.74) is 1.14. The van der Waals surface area contributed by atoms with Crippen LogP contribution in [0.3, 0.4) is 0 Å². The average Bonchev–Trinajstić information content (AvgIpc) is 3.26. The molecule has 1 unspecified atom stereocenters. The first-order valence-electron chi connectivity index (χ1n) is 9.30. The second-order valence-corrected chi connectivity index (χ2v) is 7.04. The molecule has 1 aromatic carbocycles. The fourth-order valence-corrected chi connectivity index (χ4v) is 3.41. The van der Waals surface area contributed by atoms with Gasteiger partial charge in [-0.15, -0.1) is 0 Å². The molecule has 2 N–H and O–H groups in total. The van der Waals surface area contributed by atoms with Gasteiger partial charge in [-0.2, -0.15) is 13.2 Å². The summed E-state index contributed by atoms with van der Waals surface area (Å²) in [4.78, 5) is 9.57. The number of nitrogens with one attached hydrogen (secondary N) is 2. The predicted octanol–water partition coefficient (Wildman–Crippen LogP) is 2.62. The third-order valence-electron chi connectivity index (χ3n) is 4.80. The molecular weight excluding hydrogens is 388 g/mol. The molecule has 2 heterocycles. The predicted molar refractivity (Wildman–Crippen MR) is 102 cm³/mol. The maximum absolute atomic E-state index is 14.5. The molecule has 1 aliphatic rings. The molecule has 1 saturated heterocycles. The van der Waals surface area contributed by atoms with Crippen LogP contribution in [0.1, 0.15) is 17.8 Å². The van der Waals surface area contributed by atoms with Crippen LogP contribution in [0.4, 0.5) is 17.6 Å². The molecule has 1 atom stereocenters. The second-order valence-electron chi connectivity index (χ2n) is 7.04. The molecule has 158 valence electrons. The minimum atomic E-state index is -4.19. The Balaban J connectivity index is 1.54. The summed E-state index contributed by atoms with van der Waals surface area (Å²) >= 11 is 0. The van der Waals surface area contributed by atoms with Gasteiger partial charge in [0, 0.05) is 45.1 Å². The lowest BCUT2D eigenvalue weighted by molar-refractivity contribution is -0.143. The lowest BCUT2D eigenvalue weighted by atomic mass is 10.2. The Morgan fingerprint density at radius 2 is 2.14 bits per heavy atom. The molecule has 29 heavy (non-hydrogen) atoms. The zero-order chi connectivity index (χ0) is 21.0. The number of aromatic nitrogens is 2. The smallest absolute Gasteiger partial charge is 0.352 e. The lowest BCUT2D eigenvalue weighted by Gasteiger charge is -2.20. The van der Waals surface area contributed by atoms with Gasteiger partial charge in [0.15, 0.2) is 5.96 Å². The Morgan fingerprint density at radius 3 is 2.76 bits per heavy atom. The van der Waals surface area contributed by atoms with Gasteiger partial charge in [-0.05, 0) is 31.0 Å². The zero-order valence-corrected chi connectivity index (χ0v) is 16.3. The molecule has 0 bridgehead atoms. The first kappa shape index (κ1) is 21.1. The van der Waals surface area contributed by atoms with Gasteiger partial charge in [-0.1, -0.05) is 6.07 Å². The van der Waals surface area contributed by atoms with Gasteiger partial charge in [-0.25, -0.2) is 9.37 Å². The first-order chi connectivity index (χ1) is 13.7. The quantitative estimate of drug-likeness (QED) is 0.450. The number of aliphatic imine (C=N–C) groups is 1. The molecule has 10 heteroatoms. The molecule has 1 fully saturated rings. The van der Waals surface area contributed by atoms with Crippen LogP contribution in [-0.2, 0) is 6.54 Å². The van der Waals surface area contributed by atoms with E-state index in [0.29, 0.717) is 43.5 Å². The summed E-state index contributed by atoms with van der Waals surface area (Å²) in [6, 6.07) is 4.81. The lowest BCUT2D eigenvalue weighted by Crippen LogP contribution is -2.44. The summed E-state index contributed by atoms with van der Waals surface area (Å²) in [6.45, 7) is 1.91. The van der Waals surface area contributed by atoms with Crippen molar-refractivity contribution >= 4 is 5.96 Å². The van der Waals surface area contributed by atoms with E-state index in [9.17, 15) is 17.6 Å². The Morgan fingerprint density at radius 1 is 1.34 bits per heavy atom. The molecule has 2 aromatic rings. The van der Waals surface area contributed by atoms with Crippen molar-refractivity contribution in [3.63, 3.8) is 0 Å². The van der Waals surface area contributed by atoms with Crippen LogP contribution >= 0.6 is 0 Å². The van der Waals surface area contributed by atoms with Gasteiger partial charge in [0.05, 0.1) is 12.2 Å². The number of halogens is 4. The summed E-state index contributed by atoms with van der Waals surface area (Å²) in [5, 5.41) is 6.21. The van der Waals surface area contributed by atoms with Crippen molar-refractivity contribution < 1.29 is 17.6 Å². The highest BCUT2D eigenvalue weighted by molar-refractivity contribution is 5.80. The Kier molecular flexibility index (Phi) is 6.41. The highest BCUT2D eigenvalue weighted by Crippen LogP contribution is 2.20. The summed E-state index contributed by atoms with van der Waals surface area (Å²) in [6.07, 6.45) is -0.287. The fourth-order valence-electron chi connectivity index (χ4n) is 3.41. The summed E-state index contributed by atoms with van der Waals surface area (Å²) in [7, 11) is 1.59. The monoisotopic (exact) mass is 412 g/mol. The van der Waals surface area contributed by atoms with Crippen LogP contribution in [0.15, 0.2) is 35.6 Å². The van der Waals surface area contributed by atoms with Crippen molar-refractivity contribution in [2.45, 2.75) is 32.1 Å². The maximum Gasteiger partial charge on any atom is 0.401 e. The normalized spacial score (nSPS) is 18.3. The Bertz CT molecular complexity index is 861. The Labute approximate surface area is 166 Å². The third kappa shape index (κ3) is 5.69. The second kappa shape index (κ2) is 8.81. The van der Waals surface area contributed by atoms with Crippen LogP contribution in [0.2, 0.25) is 0 Å². The van der Waals surface area contributed by atoms with Gasteiger partial charge < -0.3 is 15.2 Å². The number of rotatable bonds is 5. The molecule has 0 spiro atoms. The molecular formula is C19H24F4N6. The van der Waals surface area contributed by atoms with E-state index in [1.165, 1.54) is 11.0 Å². The van der Waals surface area contributed by atoms with Crippen molar-refractivity contribution in [2.75, 3.05) is 26.7 Å². The van der Waals surface area contributed by atoms with Crippen LogP contribution in [-0.4, -0.2) is 59.3 Å². The number of hydrogen-bond donors (Lipinski definition) is 2. The van der Waals surface area contributed by atoms with E-state index in [-0.39, 0.29) is 11.9 Å². The first-order valence-corrected chi connectivity index (χ1v) is 9.30. The molecule has 0 amide bonds. The number of guanidine groups is 1. The van der Waals surface area contributed by atoms with Crippen molar-refractivity contribution in [1.82, 2.24) is 25.1 Å². The van der Waals surface area contributed by atoms with Crippen LogP contribution < -0.4 is 10.6 Å². The van der Waals surface area contributed by atoms with Gasteiger partial charge in [0.25, 0.3) is 0 Å². The Hall–Kier alpha value is -2.62. The minimum Gasteiger partial charge on any atom is -0.352 e. The fraction of sp³-hybridized carbons (Fsp3) is 0.474. The van der Waals surface area contributed by atoms with Crippen molar-refractivity contribution in [1.29, 1.82) is 0 Å². The maximum atomic E-state index is 14.5. The molecule has 0 aliphatic carbocycles. The van der Waals surface area contributed by atoms with Crippen molar-refractivity contribution in [2.24, 2.45) is 4.99 Å². The average molecular weight is 412 g/mol. The van der Waals surface area contributed by atoms with Crippen LogP contribution in [0.5, 0.6) is 0 Å². The van der Waals surface area contributed by atoms with Gasteiger partial charge in [-0.3, -0.25) is 9.89 Å². The van der Waals surface area contributed by atoms with Crippen LogP contribution in [0.25, 0.3) is 5.69 Å². The molecule has 1 aromatic heterocycles. The zero-order valence-electron chi connectivity index (χ0n) is 16.3. The summed E-state index contributed by atoms with van der Waals surface area (Å²) in [5.74, 6) is 0.793. The highest BCUT2D eigenvalue weighted by Gasteiger charge is 2.34. The SMILES string of the molecule is CN=C(NCc1ccc(-n2ccnc2C)c(F)c1)NC1CCN(CC(F)(F)F)C1. The van der Waals surface area contributed by atoms with E-state index in [0.717, 1.165) is 5.56 Å². The van der Waals surface area contributed by atoms with E-state index >= 15 is 0 Å². The van der Waals surface area contributed by atoms with Crippen molar-refractivity contribution in [3.8, 4) is 5.69 Å². The number of likely N-dealkylation sites (tertiary alicyclic amines) is 1. The largest absolute Gasteiger partial charge is 0.401 e. The summed E-state index contributed by atoms with van der Waals surface area (Å²) < 4.78 is 53.7. The van der Waals surface area contributed by atoms with E-state index < -0.39 is 12.7 Å². The van der Waals surface area contributed by atoms with Crippen molar-refractivity contribution in [3.05, 3.63) is 47.8 Å². The molecule has 3 rings (SSSR count).